The summed E-state index contributed by atoms with van der Waals surface area (Å²) in [4.78, 5) is 30.5. The van der Waals surface area contributed by atoms with Crippen LogP contribution < -0.4 is 11.1 Å². The van der Waals surface area contributed by atoms with Crippen molar-refractivity contribution in [2.24, 2.45) is 0 Å². The van der Waals surface area contributed by atoms with Crippen LogP contribution in [0.5, 0.6) is 0 Å². The summed E-state index contributed by atoms with van der Waals surface area (Å²) in [6.07, 6.45) is 1.68. The Bertz CT molecular complexity index is 1410. The molecule has 0 radical (unpaired) electrons. The highest BCUT2D eigenvalue weighted by Crippen LogP contribution is 2.23. The van der Waals surface area contributed by atoms with Crippen LogP contribution >= 0.6 is 11.6 Å². The van der Waals surface area contributed by atoms with Gasteiger partial charge in [-0.2, -0.15) is 5.26 Å². The van der Waals surface area contributed by atoms with Gasteiger partial charge in [-0.15, -0.1) is 0 Å². The van der Waals surface area contributed by atoms with Crippen LogP contribution in [0, 0.1) is 25.2 Å². The van der Waals surface area contributed by atoms with Crippen LogP contribution in [-0.4, -0.2) is 14.0 Å². The minimum atomic E-state index is -0.543. The van der Waals surface area contributed by atoms with Crippen LogP contribution in [0.15, 0.2) is 52.2 Å². The molecule has 0 spiro atoms. The third kappa shape index (κ3) is 2.52. The zero-order valence-electron chi connectivity index (χ0n) is 14.5. The summed E-state index contributed by atoms with van der Waals surface area (Å²) in [7, 11) is 0. The summed E-state index contributed by atoms with van der Waals surface area (Å²) in [5.74, 6) is 0. The van der Waals surface area contributed by atoms with Gasteiger partial charge in [0.15, 0.2) is 5.65 Å². The molecule has 1 aromatic carbocycles. The van der Waals surface area contributed by atoms with Gasteiger partial charge in [-0.1, -0.05) is 23.7 Å². The molecule has 132 valence electrons. The lowest BCUT2D eigenvalue weighted by molar-refractivity contribution is 0.972. The molecule has 0 atom stereocenters. The maximum Gasteiger partial charge on any atom is 0.274 e. The van der Waals surface area contributed by atoms with Gasteiger partial charge in [0.2, 0.25) is 0 Å². The number of halogens is 1. The van der Waals surface area contributed by atoms with Gasteiger partial charge in [0.1, 0.15) is 17.3 Å². The summed E-state index contributed by atoms with van der Waals surface area (Å²) in [5.41, 5.74) is 1.62. The smallest absolute Gasteiger partial charge is 0.268 e. The van der Waals surface area contributed by atoms with E-state index < -0.39 is 5.56 Å². The van der Waals surface area contributed by atoms with E-state index in [0.29, 0.717) is 21.9 Å². The average Bonchev–Trinajstić information content (AvgIpc) is 2.65. The van der Waals surface area contributed by atoms with E-state index in [-0.39, 0.29) is 22.2 Å². The van der Waals surface area contributed by atoms with Gasteiger partial charge in [0.25, 0.3) is 11.1 Å². The van der Waals surface area contributed by atoms with Gasteiger partial charge in [0, 0.05) is 11.2 Å². The van der Waals surface area contributed by atoms with Gasteiger partial charge in [-0.3, -0.25) is 18.6 Å². The van der Waals surface area contributed by atoms with Gasteiger partial charge >= 0.3 is 0 Å². The number of hydrogen-bond donors (Lipinski definition) is 0. The zero-order valence-corrected chi connectivity index (χ0v) is 15.3. The summed E-state index contributed by atoms with van der Waals surface area (Å²) < 4.78 is 2.70. The van der Waals surface area contributed by atoms with Gasteiger partial charge in [-0.05, 0) is 49.2 Å². The number of fused-ring (bicyclic) bond motifs is 2. The van der Waals surface area contributed by atoms with Gasteiger partial charge in [0.05, 0.1) is 11.1 Å². The van der Waals surface area contributed by atoms with Crippen molar-refractivity contribution >= 4 is 28.3 Å². The Balaban J connectivity index is 2.29. The highest BCUT2D eigenvalue weighted by atomic mass is 35.5. The third-order valence-corrected chi connectivity index (χ3v) is 4.93. The number of rotatable bonds is 1. The van der Waals surface area contributed by atoms with E-state index in [4.69, 9.17) is 11.6 Å². The predicted octanol–water partition coefficient (Wildman–Crippen LogP) is 3.14. The summed E-state index contributed by atoms with van der Waals surface area (Å²) in [5, 5.41) is 10.1. The summed E-state index contributed by atoms with van der Waals surface area (Å²) in [6, 6.07) is 11.9. The molecule has 4 rings (SSSR count). The standard InChI is InChI=1S/C20H13ClN4O2/c1-11-6-7-17-23-18-14(20(27)24(17)10-11)8-13(9-22)19(26)25(18)16-5-3-4-15(21)12(16)2/h3-8,10H,1-2H3. The highest BCUT2D eigenvalue weighted by molar-refractivity contribution is 6.31. The molecular formula is C20H13ClN4O2. The molecule has 0 amide bonds. The maximum atomic E-state index is 13.0. The van der Waals surface area contributed by atoms with E-state index >= 15 is 0 Å². The number of pyridine rings is 2. The van der Waals surface area contributed by atoms with E-state index in [1.54, 1.807) is 37.4 Å². The van der Waals surface area contributed by atoms with Crippen molar-refractivity contribution in [2.45, 2.75) is 13.8 Å². The number of nitriles is 1. The molecule has 6 nitrogen and oxygen atoms in total. The first kappa shape index (κ1) is 17.0. The molecule has 0 aliphatic heterocycles. The Morgan fingerprint density at radius 2 is 1.89 bits per heavy atom. The first-order valence-electron chi connectivity index (χ1n) is 8.17. The second-order valence-corrected chi connectivity index (χ2v) is 6.69. The number of hydrogen-bond acceptors (Lipinski definition) is 4. The lowest BCUT2D eigenvalue weighted by atomic mass is 10.1. The molecule has 3 heterocycles. The first-order chi connectivity index (χ1) is 12.9. The number of benzene rings is 1. The molecule has 0 saturated carbocycles. The van der Waals surface area contributed by atoms with E-state index in [2.05, 4.69) is 4.98 Å². The van der Waals surface area contributed by atoms with Crippen LogP contribution in [0.4, 0.5) is 0 Å². The maximum absolute atomic E-state index is 13.0. The number of aryl methyl sites for hydroxylation is 1. The second kappa shape index (κ2) is 6.08. The van der Waals surface area contributed by atoms with Crippen molar-refractivity contribution in [2.75, 3.05) is 0 Å². The van der Waals surface area contributed by atoms with E-state index in [1.165, 1.54) is 15.0 Å². The van der Waals surface area contributed by atoms with Crippen LogP contribution in [0.25, 0.3) is 22.4 Å². The normalized spacial score (nSPS) is 11.0. The lowest BCUT2D eigenvalue weighted by Gasteiger charge is -2.14. The Labute approximate surface area is 158 Å². The van der Waals surface area contributed by atoms with Crippen LogP contribution in [0.1, 0.15) is 16.7 Å². The summed E-state index contributed by atoms with van der Waals surface area (Å²) >= 11 is 6.22. The molecule has 0 unspecified atom stereocenters. The molecule has 0 bridgehead atoms. The fraction of sp³-hybridized carbons (Fsp3) is 0.100. The Morgan fingerprint density at radius 3 is 2.63 bits per heavy atom. The largest absolute Gasteiger partial charge is 0.274 e. The van der Waals surface area contributed by atoms with Crippen molar-refractivity contribution in [1.82, 2.24) is 14.0 Å². The van der Waals surface area contributed by atoms with Crippen LogP contribution in [-0.2, 0) is 0 Å². The third-order valence-electron chi connectivity index (χ3n) is 4.52. The van der Waals surface area contributed by atoms with Crippen LogP contribution in [0.2, 0.25) is 5.02 Å². The Kier molecular flexibility index (Phi) is 3.83. The summed E-state index contributed by atoms with van der Waals surface area (Å²) in [6.45, 7) is 3.64. The molecule has 0 aliphatic rings. The predicted molar refractivity (Wildman–Crippen MR) is 104 cm³/mol. The molecule has 0 aliphatic carbocycles. The Morgan fingerprint density at radius 1 is 1.11 bits per heavy atom. The molecule has 0 N–H and O–H groups in total. The first-order valence-corrected chi connectivity index (χ1v) is 8.54. The number of nitrogens with zero attached hydrogens (tertiary/aromatic N) is 4. The van der Waals surface area contributed by atoms with E-state index in [0.717, 1.165) is 5.56 Å². The average molecular weight is 377 g/mol. The molecule has 3 aromatic heterocycles. The topological polar surface area (TPSA) is 80.2 Å². The monoisotopic (exact) mass is 376 g/mol. The molecule has 27 heavy (non-hydrogen) atoms. The lowest BCUT2D eigenvalue weighted by Crippen LogP contribution is -2.26. The quantitative estimate of drug-likeness (QED) is 0.478. The van der Waals surface area contributed by atoms with Crippen LogP contribution in [0.3, 0.4) is 0 Å². The molecule has 7 heteroatoms. The van der Waals surface area contributed by atoms with Crippen molar-refractivity contribution < 1.29 is 0 Å². The molecule has 4 aromatic rings. The molecule has 0 fully saturated rings. The zero-order chi connectivity index (χ0) is 19.3. The minimum absolute atomic E-state index is 0.131. The fourth-order valence-electron chi connectivity index (χ4n) is 3.11. The van der Waals surface area contributed by atoms with Crippen molar-refractivity contribution in [3.05, 3.63) is 85.0 Å². The SMILES string of the molecule is Cc1ccc2nc3c(cc(C#N)c(=O)n3-c3cccc(Cl)c3C)c(=O)n2c1. The minimum Gasteiger partial charge on any atom is -0.268 e. The Hall–Kier alpha value is -3.43. The number of aromatic nitrogens is 3. The highest BCUT2D eigenvalue weighted by Gasteiger charge is 2.18. The molecule has 0 saturated heterocycles. The van der Waals surface area contributed by atoms with Gasteiger partial charge < -0.3 is 0 Å². The van der Waals surface area contributed by atoms with Crippen molar-refractivity contribution in [1.29, 1.82) is 5.26 Å². The second-order valence-electron chi connectivity index (χ2n) is 6.28. The van der Waals surface area contributed by atoms with Crippen molar-refractivity contribution in [3.63, 3.8) is 0 Å². The van der Waals surface area contributed by atoms with E-state index in [9.17, 15) is 14.9 Å². The fourth-order valence-corrected chi connectivity index (χ4v) is 3.28. The van der Waals surface area contributed by atoms with Gasteiger partial charge in [-0.25, -0.2) is 4.98 Å². The van der Waals surface area contributed by atoms with Crippen molar-refractivity contribution in [3.8, 4) is 11.8 Å². The van der Waals surface area contributed by atoms with E-state index in [1.807, 2.05) is 19.1 Å². The molecular weight excluding hydrogens is 364 g/mol.